The molecule has 1 aromatic rings. The van der Waals surface area contributed by atoms with E-state index >= 15 is 0 Å². The zero-order valence-corrected chi connectivity index (χ0v) is 14.9. The van der Waals surface area contributed by atoms with Gasteiger partial charge in [0.25, 0.3) is 0 Å². The van der Waals surface area contributed by atoms with Gasteiger partial charge in [-0.25, -0.2) is 0 Å². The van der Waals surface area contributed by atoms with E-state index in [4.69, 9.17) is 0 Å². The fourth-order valence-corrected chi connectivity index (χ4v) is 2.28. The van der Waals surface area contributed by atoms with Crippen molar-refractivity contribution in [1.29, 1.82) is 0 Å². The van der Waals surface area contributed by atoms with Crippen LogP contribution in [0.1, 0.15) is 49.9 Å². The van der Waals surface area contributed by atoms with Gasteiger partial charge in [-0.3, -0.25) is 0 Å². The molecule has 0 unspecified atom stereocenters. The van der Waals surface area contributed by atoms with Gasteiger partial charge in [0.1, 0.15) is 0 Å². The van der Waals surface area contributed by atoms with E-state index in [1.54, 1.807) is 22.3 Å². The molecule has 0 aliphatic rings. The quantitative estimate of drug-likeness (QED) is 0.382. The molecule has 0 aliphatic carbocycles. The molecule has 0 saturated heterocycles. The van der Waals surface area contributed by atoms with Gasteiger partial charge in [0, 0.05) is 0 Å². The summed E-state index contributed by atoms with van der Waals surface area (Å²) in [6.45, 7) is 9.06. The van der Waals surface area contributed by atoms with Gasteiger partial charge < -0.3 is 37.2 Å². The number of hydrogen-bond acceptors (Lipinski definition) is 0. The van der Waals surface area contributed by atoms with E-state index in [0.717, 1.165) is 0 Å². The van der Waals surface area contributed by atoms with Crippen molar-refractivity contribution in [2.45, 2.75) is 53.4 Å². The van der Waals surface area contributed by atoms with Crippen LogP contribution in [0.3, 0.4) is 0 Å². The Labute approximate surface area is 140 Å². The van der Waals surface area contributed by atoms with Crippen LogP contribution in [0.5, 0.6) is 0 Å². The Bertz CT molecular complexity index is 256. The number of rotatable bonds is 4. The molecule has 0 N–H and O–H groups in total. The van der Waals surface area contributed by atoms with Gasteiger partial charge in [-0.05, 0) is 0 Å². The SMILES string of the molecule is CCc1c[c-](CC)c(CC)c1CC.[Cl-].[Cl-].[Cl-].[Ti+4]. The van der Waals surface area contributed by atoms with Crippen molar-refractivity contribution >= 4 is 0 Å². The molecule has 98 valence electrons. The molecule has 0 fully saturated rings. The van der Waals surface area contributed by atoms with E-state index in [0.29, 0.717) is 0 Å². The first-order valence-electron chi connectivity index (χ1n) is 5.57. The second-order valence-corrected chi connectivity index (χ2v) is 3.57. The van der Waals surface area contributed by atoms with Crippen molar-refractivity contribution in [1.82, 2.24) is 0 Å². The molecule has 0 heterocycles. The molecular formula is C13H21Cl3Ti. The van der Waals surface area contributed by atoms with E-state index < -0.39 is 0 Å². The molecule has 0 saturated carbocycles. The van der Waals surface area contributed by atoms with Crippen molar-refractivity contribution in [3.05, 3.63) is 28.3 Å². The van der Waals surface area contributed by atoms with Crippen LogP contribution in [0.25, 0.3) is 0 Å². The first kappa shape index (κ1) is 26.5. The molecule has 0 bridgehead atoms. The summed E-state index contributed by atoms with van der Waals surface area (Å²) < 4.78 is 0. The summed E-state index contributed by atoms with van der Waals surface area (Å²) in [5, 5.41) is 0. The van der Waals surface area contributed by atoms with Crippen LogP contribution in [-0.4, -0.2) is 0 Å². The van der Waals surface area contributed by atoms with Crippen LogP contribution in [0, 0.1) is 0 Å². The van der Waals surface area contributed by atoms with Crippen molar-refractivity contribution in [2.75, 3.05) is 0 Å². The van der Waals surface area contributed by atoms with Gasteiger partial charge in [-0.1, -0.05) is 53.4 Å². The minimum absolute atomic E-state index is 0. The van der Waals surface area contributed by atoms with Crippen LogP contribution in [-0.2, 0) is 47.4 Å². The predicted molar refractivity (Wildman–Crippen MR) is 59.5 cm³/mol. The third kappa shape index (κ3) is 6.07. The van der Waals surface area contributed by atoms with E-state index in [2.05, 4.69) is 33.8 Å². The Morgan fingerprint density at radius 3 is 1.71 bits per heavy atom. The standard InChI is InChI=1S/C13H21.3ClH.Ti/c1-5-10-9-11(6-2)13(8-4)12(10)7-3;;;;/h9H,5-8H2,1-4H3;3*1H;/q-1;;;;+4/p-3. The Morgan fingerprint density at radius 1 is 0.882 bits per heavy atom. The smallest absolute Gasteiger partial charge is 1.00 e. The van der Waals surface area contributed by atoms with Crippen LogP contribution in [0.4, 0.5) is 0 Å². The fourth-order valence-electron chi connectivity index (χ4n) is 2.28. The summed E-state index contributed by atoms with van der Waals surface area (Å²) in [6, 6.07) is 2.41. The largest absolute Gasteiger partial charge is 4.00 e. The summed E-state index contributed by atoms with van der Waals surface area (Å²) in [6.07, 6.45) is 4.78. The van der Waals surface area contributed by atoms with E-state index in [1.807, 2.05) is 0 Å². The van der Waals surface area contributed by atoms with Crippen molar-refractivity contribution in [3.63, 3.8) is 0 Å². The predicted octanol–water partition coefficient (Wildman–Crippen LogP) is -5.34. The molecular weight excluding hydrogens is 310 g/mol. The molecule has 0 aliphatic heterocycles. The number of hydrogen-bond donors (Lipinski definition) is 0. The van der Waals surface area contributed by atoms with Gasteiger partial charge in [-0.2, -0.15) is 28.3 Å². The van der Waals surface area contributed by atoms with Crippen molar-refractivity contribution in [3.8, 4) is 0 Å². The third-order valence-electron chi connectivity index (χ3n) is 2.96. The Hall–Kier alpha value is 0.934. The average Bonchev–Trinajstić information content (AvgIpc) is 2.54. The molecule has 0 nitrogen and oxygen atoms in total. The topological polar surface area (TPSA) is 0 Å². The third-order valence-corrected chi connectivity index (χ3v) is 2.96. The van der Waals surface area contributed by atoms with Crippen molar-refractivity contribution < 1.29 is 58.9 Å². The molecule has 0 radical (unpaired) electrons. The second kappa shape index (κ2) is 13.4. The molecule has 0 atom stereocenters. The molecule has 4 heteroatoms. The zero-order chi connectivity index (χ0) is 9.84. The molecule has 0 amide bonds. The zero-order valence-electron chi connectivity index (χ0n) is 11.0. The first-order valence-corrected chi connectivity index (χ1v) is 5.57. The molecule has 0 aromatic heterocycles. The van der Waals surface area contributed by atoms with E-state index in [9.17, 15) is 0 Å². The first-order chi connectivity index (χ1) is 6.28. The van der Waals surface area contributed by atoms with Gasteiger partial charge in [0.15, 0.2) is 0 Å². The Morgan fingerprint density at radius 2 is 1.41 bits per heavy atom. The summed E-state index contributed by atoms with van der Waals surface area (Å²) in [7, 11) is 0. The summed E-state index contributed by atoms with van der Waals surface area (Å²) in [4.78, 5) is 0. The minimum atomic E-state index is 0. The Balaban J connectivity index is -0.000000211. The molecule has 0 spiro atoms. The number of halogens is 3. The van der Waals surface area contributed by atoms with Gasteiger partial charge in [-0.15, -0.1) is 0 Å². The van der Waals surface area contributed by atoms with Crippen LogP contribution < -0.4 is 37.2 Å². The molecule has 1 rings (SSSR count). The monoisotopic (exact) mass is 330 g/mol. The molecule has 17 heavy (non-hydrogen) atoms. The van der Waals surface area contributed by atoms with Gasteiger partial charge in [0.05, 0.1) is 0 Å². The maximum atomic E-state index is 2.41. The summed E-state index contributed by atoms with van der Waals surface area (Å²) in [5.74, 6) is 0. The average molecular weight is 332 g/mol. The maximum Gasteiger partial charge on any atom is 4.00 e. The molecule has 1 aromatic carbocycles. The van der Waals surface area contributed by atoms with Crippen LogP contribution in [0.15, 0.2) is 6.07 Å². The minimum Gasteiger partial charge on any atom is -1.00 e. The van der Waals surface area contributed by atoms with Crippen LogP contribution >= 0.6 is 0 Å². The number of aryl methyl sites for hydroxylation is 2. The maximum absolute atomic E-state index is 2.41. The van der Waals surface area contributed by atoms with Gasteiger partial charge >= 0.3 is 21.7 Å². The van der Waals surface area contributed by atoms with E-state index in [-0.39, 0.29) is 58.9 Å². The van der Waals surface area contributed by atoms with Crippen LogP contribution in [0.2, 0.25) is 0 Å². The summed E-state index contributed by atoms with van der Waals surface area (Å²) in [5.41, 5.74) is 6.41. The van der Waals surface area contributed by atoms with E-state index in [1.165, 1.54) is 25.7 Å². The summed E-state index contributed by atoms with van der Waals surface area (Å²) >= 11 is 0. The normalized spacial score (nSPS) is 8.24. The van der Waals surface area contributed by atoms with Crippen molar-refractivity contribution in [2.24, 2.45) is 0 Å². The van der Waals surface area contributed by atoms with Gasteiger partial charge in [0.2, 0.25) is 0 Å². The fraction of sp³-hybridized carbons (Fsp3) is 0.615. The second-order valence-electron chi connectivity index (χ2n) is 3.57. The Kier molecular flexibility index (Phi) is 20.8.